The van der Waals surface area contributed by atoms with Gasteiger partial charge in [-0.25, -0.2) is 9.78 Å². The van der Waals surface area contributed by atoms with E-state index in [9.17, 15) is 14.4 Å². The summed E-state index contributed by atoms with van der Waals surface area (Å²) in [6.07, 6.45) is 1.47. The van der Waals surface area contributed by atoms with Gasteiger partial charge in [0.05, 0.1) is 17.5 Å². The minimum Gasteiger partial charge on any atom is -0.375 e. The first-order valence-corrected chi connectivity index (χ1v) is 7.53. The van der Waals surface area contributed by atoms with Crippen molar-refractivity contribution in [3.63, 3.8) is 0 Å². The van der Waals surface area contributed by atoms with E-state index in [0.717, 1.165) is 4.90 Å². The molecule has 0 saturated heterocycles. The Labute approximate surface area is 142 Å². The summed E-state index contributed by atoms with van der Waals surface area (Å²) in [5.41, 5.74) is 6.85. The van der Waals surface area contributed by atoms with Crippen LogP contribution in [0.2, 0.25) is 0 Å². The zero-order valence-corrected chi connectivity index (χ0v) is 13.1. The first-order valence-electron chi connectivity index (χ1n) is 7.53. The van der Waals surface area contributed by atoms with Crippen molar-refractivity contribution >= 4 is 23.6 Å². The summed E-state index contributed by atoms with van der Waals surface area (Å²) in [6, 6.07) is 11.7. The van der Waals surface area contributed by atoms with Crippen molar-refractivity contribution in [2.45, 2.75) is 6.42 Å². The van der Waals surface area contributed by atoms with Crippen molar-refractivity contribution in [3.8, 4) is 0 Å². The Bertz CT molecular complexity index is 829. The molecule has 3 N–H and O–H groups in total. The number of rotatable bonds is 5. The standard InChI is InChI=1S/C17H14N4O4/c18-15(13-7-3-4-9-19-13)20-25-14(22)8-10-21-16(23)11-5-1-2-6-12(11)17(21)24/h1-7,9H,8,10H2,(H2,18,20)/p+1. The Morgan fingerprint density at radius 1 is 1.08 bits per heavy atom. The summed E-state index contributed by atoms with van der Waals surface area (Å²) in [4.78, 5) is 44.7. The van der Waals surface area contributed by atoms with Gasteiger partial charge in [-0.05, 0) is 18.2 Å². The van der Waals surface area contributed by atoms with Crippen molar-refractivity contribution in [3.05, 3.63) is 65.5 Å². The van der Waals surface area contributed by atoms with Gasteiger partial charge in [0.25, 0.3) is 11.8 Å². The zero-order valence-electron chi connectivity index (χ0n) is 13.1. The van der Waals surface area contributed by atoms with Crippen molar-refractivity contribution in [2.24, 2.45) is 10.9 Å². The molecular weight excluding hydrogens is 324 g/mol. The Balaban J connectivity index is 1.57. The number of hydrogen-bond donors (Lipinski definition) is 1. The molecule has 0 spiro atoms. The predicted octanol–water partition coefficient (Wildman–Crippen LogP) is 0.350. The number of imide groups is 1. The maximum absolute atomic E-state index is 12.2. The van der Waals surface area contributed by atoms with Gasteiger partial charge in [0.2, 0.25) is 11.5 Å². The lowest BCUT2D eigenvalue weighted by molar-refractivity contribution is -0.380. The first-order chi connectivity index (χ1) is 12.1. The molecule has 0 radical (unpaired) electrons. The van der Waals surface area contributed by atoms with Gasteiger partial charge >= 0.3 is 5.97 Å². The van der Waals surface area contributed by atoms with Crippen LogP contribution in [-0.2, 0) is 9.63 Å². The maximum Gasteiger partial charge on any atom is 0.336 e. The molecule has 1 aliphatic heterocycles. The molecular formula is C17H15N4O4+. The molecule has 0 saturated carbocycles. The average molecular weight is 339 g/mol. The molecule has 0 aliphatic carbocycles. The van der Waals surface area contributed by atoms with E-state index in [1.807, 2.05) is 0 Å². The van der Waals surface area contributed by atoms with Crippen LogP contribution in [-0.4, -0.2) is 35.1 Å². The topological polar surface area (TPSA) is 116 Å². The zero-order chi connectivity index (χ0) is 17.8. The fourth-order valence-electron chi connectivity index (χ4n) is 2.39. The van der Waals surface area contributed by atoms with Crippen LogP contribution in [0, 0.1) is 0 Å². The van der Waals surface area contributed by atoms with Crippen molar-refractivity contribution < 1.29 is 24.2 Å². The highest BCUT2D eigenvalue weighted by molar-refractivity contribution is 6.21. The number of H-pyrrole nitrogens is 1. The number of oxime groups is 1. The summed E-state index contributed by atoms with van der Waals surface area (Å²) in [5, 5.41) is 3.54. The SMILES string of the molecule is NC(=NOC(=O)CCN1C(=O)c2ccccc2C1=O)c1cccc[nH+]1. The van der Waals surface area contributed by atoms with Crippen LogP contribution in [0.5, 0.6) is 0 Å². The second-order valence-electron chi connectivity index (χ2n) is 5.27. The van der Waals surface area contributed by atoms with E-state index in [-0.39, 0.29) is 18.8 Å². The number of nitrogens with zero attached hydrogens (tertiary/aromatic N) is 2. The molecule has 1 aromatic carbocycles. The second kappa shape index (κ2) is 6.91. The van der Waals surface area contributed by atoms with Crippen molar-refractivity contribution in [2.75, 3.05) is 6.54 Å². The van der Waals surface area contributed by atoms with E-state index in [1.54, 1.807) is 48.7 Å². The first kappa shape index (κ1) is 16.3. The molecule has 0 bridgehead atoms. The lowest BCUT2D eigenvalue weighted by Crippen LogP contribution is -2.32. The number of hydrogen-bond acceptors (Lipinski definition) is 5. The molecule has 1 aliphatic rings. The third-order valence-electron chi connectivity index (χ3n) is 3.65. The minimum absolute atomic E-state index is 0.00896. The number of aromatic nitrogens is 1. The molecule has 0 fully saturated rings. The molecule has 126 valence electrons. The summed E-state index contributed by atoms with van der Waals surface area (Å²) in [7, 11) is 0. The molecule has 2 amide bonds. The molecule has 8 nitrogen and oxygen atoms in total. The highest BCUT2D eigenvalue weighted by atomic mass is 16.7. The Kier molecular flexibility index (Phi) is 4.51. The molecule has 2 heterocycles. The fourth-order valence-corrected chi connectivity index (χ4v) is 2.39. The number of fused-ring (bicyclic) bond motifs is 1. The van der Waals surface area contributed by atoms with Gasteiger partial charge < -0.3 is 10.6 Å². The number of nitrogens with one attached hydrogen (secondary N) is 1. The number of amides is 2. The molecule has 1 aromatic heterocycles. The van der Waals surface area contributed by atoms with E-state index >= 15 is 0 Å². The quantitative estimate of drug-likeness (QED) is 0.277. The highest BCUT2D eigenvalue weighted by Crippen LogP contribution is 2.22. The van der Waals surface area contributed by atoms with Crippen LogP contribution in [0.1, 0.15) is 32.8 Å². The Morgan fingerprint density at radius 3 is 2.32 bits per heavy atom. The highest BCUT2D eigenvalue weighted by Gasteiger charge is 2.35. The van der Waals surface area contributed by atoms with E-state index < -0.39 is 17.8 Å². The van der Waals surface area contributed by atoms with Crippen LogP contribution >= 0.6 is 0 Å². The number of amidine groups is 1. The van der Waals surface area contributed by atoms with E-state index in [1.165, 1.54) is 0 Å². The number of pyridine rings is 1. The third-order valence-corrected chi connectivity index (χ3v) is 3.65. The molecule has 0 unspecified atom stereocenters. The lowest BCUT2D eigenvalue weighted by atomic mass is 10.1. The number of benzene rings is 1. The normalized spacial score (nSPS) is 13.8. The fraction of sp³-hybridized carbons (Fsp3) is 0.118. The summed E-state index contributed by atoms with van der Waals surface area (Å²) in [6.45, 7) is -0.0853. The number of carbonyl (C=O) groups is 3. The number of carbonyl (C=O) groups excluding carboxylic acids is 3. The van der Waals surface area contributed by atoms with Crippen molar-refractivity contribution in [1.82, 2.24) is 4.90 Å². The van der Waals surface area contributed by atoms with Gasteiger partial charge in [0.1, 0.15) is 0 Å². The average Bonchev–Trinajstić information content (AvgIpc) is 2.89. The van der Waals surface area contributed by atoms with Gasteiger partial charge in [-0.2, -0.15) is 0 Å². The van der Waals surface area contributed by atoms with E-state index in [0.29, 0.717) is 16.8 Å². The van der Waals surface area contributed by atoms with Crippen molar-refractivity contribution in [1.29, 1.82) is 0 Å². The number of aromatic amines is 1. The van der Waals surface area contributed by atoms with E-state index in [2.05, 4.69) is 10.1 Å². The van der Waals surface area contributed by atoms with Crippen LogP contribution in [0.15, 0.2) is 53.8 Å². The largest absolute Gasteiger partial charge is 0.375 e. The Morgan fingerprint density at radius 2 is 1.72 bits per heavy atom. The molecule has 3 rings (SSSR count). The number of nitrogens with two attached hydrogens (primary N) is 1. The summed E-state index contributed by atoms with van der Waals surface area (Å²) < 4.78 is 0. The van der Waals surface area contributed by atoms with Crippen LogP contribution in [0.25, 0.3) is 0 Å². The lowest BCUT2D eigenvalue weighted by Gasteiger charge is -2.12. The molecule has 25 heavy (non-hydrogen) atoms. The third kappa shape index (κ3) is 3.37. The van der Waals surface area contributed by atoms with E-state index in [4.69, 9.17) is 10.6 Å². The second-order valence-corrected chi connectivity index (χ2v) is 5.27. The minimum atomic E-state index is -0.699. The Hall–Kier alpha value is -3.55. The smallest absolute Gasteiger partial charge is 0.336 e. The van der Waals surface area contributed by atoms with Gasteiger partial charge in [-0.3, -0.25) is 14.5 Å². The van der Waals surface area contributed by atoms with Crippen LogP contribution < -0.4 is 10.7 Å². The summed E-state index contributed by atoms with van der Waals surface area (Å²) in [5.74, 6) is -1.53. The summed E-state index contributed by atoms with van der Waals surface area (Å²) >= 11 is 0. The molecule has 8 heteroatoms. The van der Waals surface area contributed by atoms with Gasteiger partial charge in [0, 0.05) is 18.7 Å². The van der Waals surface area contributed by atoms with Gasteiger partial charge in [-0.15, -0.1) is 0 Å². The maximum atomic E-state index is 12.2. The van der Waals surface area contributed by atoms with Gasteiger partial charge in [-0.1, -0.05) is 17.3 Å². The predicted molar refractivity (Wildman–Crippen MR) is 86.2 cm³/mol. The molecule has 0 atom stereocenters. The van der Waals surface area contributed by atoms with Crippen LogP contribution in [0.4, 0.5) is 0 Å². The van der Waals surface area contributed by atoms with Gasteiger partial charge in [0.15, 0.2) is 6.20 Å². The monoisotopic (exact) mass is 339 g/mol. The molecule has 2 aromatic rings. The van der Waals surface area contributed by atoms with Crippen LogP contribution in [0.3, 0.4) is 0 Å².